The van der Waals surface area contributed by atoms with Gasteiger partial charge in [-0.2, -0.15) is 0 Å². The van der Waals surface area contributed by atoms with Crippen molar-refractivity contribution in [3.63, 3.8) is 0 Å². The van der Waals surface area contributed by atoms with Crippen molar-refractivity contribution in [2.24, 2.45) is 5.92 Å². The SMILES string of the molecule is OC1CCC(CN2CC(c3ccccc3)C2)CC1. The molecule has 0 amide bonds. The van der Waals surface area contributed by atoms with Crippen molar-refractivity contribution in [2.75, 3.05) is 19.6 Å². The molecule has 0 radical (unpaired) electrons. The second-order valence-corrected chi connectivity index (χ2v) is 6.00. The number of nitrogens with zero attached hydrogens (tertiary/aromatic N) is 1. The van der Waals surface area contributed by atoms with Gasteiger partial charge in [-0.15, -0.1) is 0 Å². The van der Waals surface area contributed by atoms with Gasteiger partial charge >= 0.3 is 0 Å². The second kappa shape index (κ2) is 5.41. The fraction of sp³-hybridized carbons (Fsp3) is 0.625. The van der Waals surface area contributed by atoms with E-state index in [9.17, 15) is 5.11 Å². The van der Waals surface area contributed by atoms with E-state index in [-0.39, 0.29) is 6.10 Å². The van der Waals surface area contributed by atoms with Gasteiger partial charge in [-0.05, 0) is 37.2 Å². The maximum Gasteiger partial charge on any atom is 0.0540 e. The monoisotopic (exact) mass is 245 g/mol. The Morgan fingerprint density at radius 2 is 1.67 bits per heavy atom. The summed E-state index contributed by atoms with van der Waals surface area (Å²) in [5, 5.41) is 9.51. The van der Waals surface area contributed by atoms with Crippen molar-refractivity contribution in [3.05, 3.63) is 35.9 Å². The van der Waals surface area contributed by atoms with Gasteiger partial charge in [0.1, 0.15) is 0 Å². The summed E-state index contributed by atoms with van der Waals surface area (Å²) < 4.78 is 0. The molecule has 1 heterocycles. The molecule has 0 spiro atoms. The smallest absolute Gasteiger partial charge is 0.0540 e. The van der Waals surface area contributed by atoms with E-state index in [0.717, 1.165) is 24.7 Å². The molecular formula is C16H23NO. The Bertz CT molecular complexity index is 364. The minimum absolute atomic E-state index is 0.0188. The fourth-order valence-corrected chi connectivity index (χ4v) is 3.35. The number of hydrogen-bond donors (Lipinski definition) is 1. The lowest BCUT2D eigenvalue weighted by Crippen LogP contribution is -2.47. The molecule has 0 aromatic heterocycles. The summed E-state index contributed by atoms with van der Waals surface area (Å²) in [4.78, 5) is 2.58. The predicted octanol–water partition coefficient (Wildman–Crippen LogP) is 2.64. The van der Waals surface area contributed by atoms with Crippen LogP contribution in [-0.2, 0) is 0 Å². The minimum atomic E-state index is -0.0188. The molecule has 1 aliphatic carbocycles. The van der Waals surface area contributed by atoms with Crippen LogP contribution in [0.2, 0.25) is 0 Å². The van der Waals surface area contributed by atoms with Crippen LogP contribution in [0, 0.1) is 5.92 Å². The lowest BCUT2D eigenvalue weighted by molar-refractivity contribution is 0.0707. The van der Waals surface area contributed by atoms with Gasteiger partial charge in [-0.3, -0.25) is 0 Å². The molecule has 3 rings (SSSR count). The maximum atomic E-state index is 9.51. The largest absolute Gasteiger partial charge is 0.393 e. The van der Waals surface area contributed by atoms with Gasteiger partial charge in [-0.1, -0.05) is 30.3 Å². The molecular weight excluding hydrogens is 222 g/mol. The van der Waals surface area contributed by atoms with Gasteiger partial charge in [0, 0.05) is 25.6 Å². The quantitative estimate of drug-likeness (QED) is 0.885. The van der Waals surface area contributed by atoms with E-state index < -0.39 is 0 Å². The average molecular weight is 245 g/mol. The predicted molar refractivity (Wildman–Crippen MR) is 73.6 cm³/mol. The lowest BCUT2D eigenvalue weighted by atomic mass is 9.85. The molecule has 1 aromatic carbocycles. The lowest BCUT2D eigenvalue weighted by Gasteiger charge is -2.42. The Morgan fingerprint density at radius 1 is 1.00 bits per heavy atom. The third-order valence-electron chi connectivity index (χ3n) is 4.56. The summed E-state index contributed by atoms with van der Waals surface area (Å²) in [6, 6.07) is 10.9. The van der Waals surface area contributed by atoms with Gasteiger partial charge in [0.25, 0.3) is 0 Å². The van der Waals surface area contributed by atoms with Crippen molar-refractivity contribution in [3.8, 4) is 0 Å². The number of hydrogen-bond acceptors (Lipinski definition) is 2. The summed E-state index contributed by atoms with van der Waals surface area (Å²) in [6.45, 7) is 3.70. The molecule has 1 aliphatic heterocycles. The number of benzene rings is 1. The van der Waals surface area contributed by atoms with E-state index in [2.05, 4.69) is 35.2 Å². The molecule has 1 N–H and O–H groups in total. The van der Waals surface area contributed by atoms with Gasteiger partial charge in [-0.25, -0.2) is 0 Å². The number of aliphatic hydroxyl groups excluding tert-OH is 1. The van der Waals surface area contributed by atoms with Crippen LogP contribution in [0.25, 0.3) is 0 Å². The zero-order chi connectivity index (χ0) is 12.4. The van der Waals surface area contributed by atoms with E-state index >= 15 is 0 Å². The summed E-state index contributed by atoms with van der Waals surface area (Å²) in [7, 11) is 0. The molecule has 1 saturated heterocycles. The van der Waals surface area contributed by atoms with E-state index in [0.29, 0.717) is 0 Å². The molecule has 18 heavy (non-hydrogen) atoms. The zero-order valence-corrected chi connectivity index (χ0v) is 11.0. The van der Waals surface area contributed by atoms with Gasteiger partial charge in [0.15, 0.2) is 0 Å². The second-order valence-electron chi connectivity index (χ2n) is 6.00. The highest BCUT2D eigenvalue weighted by Crippen LogP contribution is 2.31. The first-order valence-electron chi connectivity index (χ1n) is 7.26. The summed E-state index contributed by atoms with van der Waals surface area (Å²) in [6.07, 6.45) is 4.44. The maximum absolute atomic E-state index is 9.51. The normalized spacial score (nSPS) is 30.1. The van der Waals surface area contributed by atoms with Gasteiger partial charge < -0.3 is 10.0 Å². The first kappa shape index (κ1) is 12.2. The van der Waals surface area contributed by atoms with E-state index in [1.807, 2.05) is 0 Å². The molecule has 0 bridgehead atoms. The standard InChI is InChI=1S/C16H23NO/c18-16-8-6-13(7-9-16)10-17-11-15(12-17)14-4-2-1-3-5-14/h1-5,13,15-16,18H,6-12H2. The zero-order valence-electron chi connectivity index (χ0n) is 11.0. The molecule has 0 unspecified atom stereocenters. The summed E-state index contributed by atoms with van der Waals surface area (Å²) in [5.41, 5.74) is 1.49. The van der Waals surface area contributed by atoms with Crippen LogP contribution in [0.15, 0.2) is 30.3 Å². The number of aliphatic hydroxyl groups is 1. The van der Waals surface area contributed by atoms with Crippen LogP contribution in [0.4, 0.5) is 0 Å². The van der Waals surface area contributed by atoms with Gasteiger partial charge in [0.2, 0.25) is 0 Å². The third-order valence-corrected chi connectivity index (χ3v) is 4.56. The first-order chi connectivity index (χ1) is 8.81. The molecule has 1 saturated carbocycles. The molecule has 2 heteroatoms. The van der Waals surface area contributed by atoms with E-state index in [4.69, 9.17) is 0 Å². The van der Waals surface area contributed by atoms with Crippen molar-refractivity contribution >= 4 is 0 Å². The number of likely N-dealkylation sites (tertiary alicyclic amines) is 1. The third kappa shape index (κ3) is 2.76. The van der Waals surface area contributed by atoms with Gasteiger partial charge in [0.05, 0.1) is 6.10 Å². The molecule has 1 aromatic rings. The molecule has 98 valence electrons. The summed E-state index contributed by atoms with van der Waals surface area (Å²) in [5.74, 6) is 1.57. The Labute approximate surface area is 110 Å². The Balaban J connectivity index is 1.43. The average Bonchev–Trinajstić information content (AvgIpc) is 2.36. The molecule has 2 fully saturated rings. The highest BCUT2D eigenvalue weighted by molar-refractivity contribution is 5.22. The molecule has 2 nitrogen and oxygen atoms in total. The van der Waals surface area contributed by atoms with E-state index in [1.54, 1.807) is 0 Å². The van der Waals surface area contributed by atoms with Crippen LogP contribution in [-0.4, -0.2) is 35.7 Å². The van der Waals surface area contributed by atoms with Crippen LogP contribution >= 0.6 is 0 Å². The van der Waals surface area contributed by atoms with Crippen LogP contribution in [0.1, 0.15) is 37.2 Å². The highest BCUT2D eigenvalue weighted by Gasteiger charge is 2.30. The van der Waals surface area contributed by atoms with Crippen LogP contribution in [0.5, 0.6) is 0 Å². The molecule has 0 atom stereocenters. The Morgan fingerprint density at radius 3 is 2.33 bits per heavy atom. The van der Waals surface area contributed by atoms with Crippen LogP contribution < -0.4 is 0 Å². The van der Waals surface area contributed by atoms with Crippen LogP contribution in [0.3, 0.4) is 0 Å². The first-order valence-corrected chi connectivity index (χ1v) is 7.26. The van der Waals surface area contributed by atoms with Crippen molar-refractivity contribution < 1.29 is 5.11 Å². The van der Waals surface area contributed by atoms with Crippen molar-refractivity contribution in [2.45, 2.75) is 37.7 Å². The molecule has 2 aliphatic rings. The summed E-state index contributed by atoms with van der Waals surface area (Å²) >= 11 is 0. The van der Waals surface area contributed by atoms with Crippen molar-refractivity contribution in [1.82, 2.24) is 4.90 Å². The topological polar surface area (TPSA) is 23.5 Å². The minimum Gasteiger partial charge on any atom is -0.393 e. The highest BCUT2D eigenvalue weighted by atomic mass is 16.3. The van der Waals surface area contributed by atoms with Crippen molar-refractivity contribution in [1.29, 1.82) is 0 Å². The Hall–Kier alpha value is -0.860. The fourth-order valence-electron chi connectivity index (χ4n) is 3.35. The number of rotatable bonds is 3. The van der Waals surface area contributed by atoms with E-state index in [1.165, 1.54) is 38.0 Å². The Kier molecular flexibility index (Phi) is 3.67.